The number of amides is 1. The molecule has 0 unspecified atom stereocenters. The summed E-state index contributed by atoms with van der Waals surface area (Å²) >= 11 is 3.29. The van der Waals surface area contributed by atoms with Crippen molar-refractivity contribution in [3.8, 4) is 0 Å². The molecule has 0 radical (unpaired) electrons. The first-order chi connectivity index (χ1) is 11.3. The van der Waals surface area contributed by atoms with Crippen molar-refractivity contribution >= 4 is 21.8 Å². The van der Waals surface area contributed by atoms with Gasteiger partial charge in [-0.1, -0.05) is 0 Å². The van der Waals surface area contributed by atoms with Gasteiger partial charge < -0.3 is 5.32 Å². The zero-order chi connectivity index (χ0) is 17.9. The predicted molar refractivity (Wildman–Crippen MR) is 79.6 cm³/mol. The average molecular weight is 412 g/mol. The fraction of sp³-hybridized carbons (Fsp3) is 0.462. The van der Waals surface area contributed by atoms with Crippen LogP contribution in [0.1, 0.15) is 36.9 Å². The topological polar surface area (TPSA) is 64.7 Å². The van der Waals surface area contributed by atoms with Crippen molar-refractivity contribution in [2.45, 2.75) is 39.4 Å². The molecule has 11 heteroatoms. The minimum atomic E-state index is -3.01. The Morgan fingerprint density at radius 3 is 2.58 bits per heavy atom. The van der Waals surface area contributed by atoms with Gasteiger partial charge in [0.05, 0.1) is 22.9 Å². The van der Waals surface area contributed by atoms with Crippen LogP contribution in [0.2, 0.25) is 0 Å². The minimum Gasteiger partial charge on any atom is -0.349 e. The fourth-order valence-electron chi connectivity index (χ4n) is 2.07. The molecule has 0 bridgehead atoms. The Balaban J connectivity index is 2.06. The van der Waals surface area contributed by atoms with E-state index in [4.69, 9.17) is 0 Å². The number of halogens is 5. The van der Waals surface area contributed by atoms with E-state index in [1.165, 1.54) is 0 Å². The molecule has 2 aromatic heterocycles. The molecule has 0 spiro atoms. The zero-order valence-electron chi connectivity index (χ0n) is 12.5. The van der Waals surface area contributed by atoms with Crippen LogP contribution in [-0.2, 0) is 24.4 Å². The van der Waals surface area contributed by atoms with Gasteiger partial charge in [-0.2, -0.15) is 10.2 Å². The summed E-state index contributed by atoms with van der Waals surface area (Å²) in [5.41, 5.74) is -0.807. The zero-order valence-corrected chi connectivity index (χ0v) is 14.1. The molecule has 132 valence electrons. The van der Waals surface area contributed by atoms with E-state index in [0.29, 0.717) is 27.5 Å². The third-order valence-corrected chi connectivity index (χ3v) is 3.88. The summed E-state index contributed by atoms with van der Waals surface area (Å²) in [6.07, 6.45) is -4.42. The summed E-state index contributed by atoms with van der Waals surface area (Å²) in [6, 6.07) is 0.603. The Bertz CT molecular complexity index is 715. The molecule has 0 saturated heterocycles. The maximum Gasteiger partial charge on any atom is 0.282 e. The first kappa shape index (κ1) is 18.4. The first-order valence-corrected chi connectivity index (χ1v) is 7.73. The number of nitrogens with one attached hydrogen (secondary N) is 1. The van der Waals surface area contributed by atoms with Gasteiger partial charge in [-0.15, -0.1) is 0 Å². The van der Waals surface area contributed by atoms with E-state index in [1.807, 2.05) is 6.92 Å². The van der Waals surface area contributed by atoms with E-state index < -0.39 is 36.7 Å². The Hall–Kier alpha value is -1.91. The summed E-state index contributed by atoms with van der Waals surface area (Å²) in [4.78, 5) is 11.9. The Kier molecular flexibility index (Phi) is 5.97. The number of aromatic nitrogens is 4. The van der Waals surface area contributed by atoms with E-state index in [0.717, 1.165) is 0 Å². The molecule has 0 atom stereocenters. The second-order valence-electron chi connectivity index (χ2n) is 4.78. The molecule has 6 nitrogen and oxygen atoms in total. The lowest BCUT2D eigenvalue weighted by atomic mass is 10.3. The van der Waals surface area contributed by atoms with Gasteiger partial charge >= 0.3 is 0 Å². The molecule has 0 aromatic carbocycles. The summed E-state index contributed by atoms with van der Waals surface area (Å²) in [6.45, 7) is 1.99. The van der Waals surface area contributed by atoms with Gasteiger partial charge in [-0.25, -0.2) is 17.6 Å². The van der Waals surface area contributed by atoms with E-state index in [1.54, 1.807) is 10.9 Å². The van der Waals surface area contributed by atoms with Crippen molar-refractivity contribution in [2.75, 3.05) is 0 Å². The Labute approximate surface area is 142 Å². The van der Waals surface area contributed by atoms with Gasteiger partial charge in [0.15, 0.2) is 0 Å². The molecule has 2 heterocycles. The standard InChI is InChI=1S/C13H14BrF4N5O/c1-2-22-10(7(14)4-20-22)5-19-11(24)6-23-9(13(17)18)3-8(21-23)12(15)16/h3-4,12-13H,2,5-6H2,1H3,(H,19,24). The molecule has 0 fully saturated rings. The summed E-state index contributed by atoms with van der Waals surface area (Å²) in [5, 5.41) is 9.97. The number of carbonyl (C=O) groups is 1. The van der Waals surface area contributed by atoms with Gasteiger partial charge in [0, 0.05) is 6.54 Å². The summed E-state index contributed by atoms with van der Waals surface area (Å²) in [5.74, 6) is -0.628. The lowest BCUT2D eigenvalue weighted by molar-refractivity contribution is -0.122. The number of hydrogen-bond donors (Lipinski definition) is 1. The van der Waals surface area contributed by atoms with Gasteiger partial charge in [0.1, 0.15) is 17.9 Å². The average Bonchev–Trinajstić information content (AvgIpc) is 3.09. The van der Waals surface area contributed by atoms with Crippen molar-refractivity contribution in [2.24, 2.45) is 0 Å². The maximum absolute atomic E-state index is 12.9. The number of alkyl halides is 4. The van der Waals surface area contributed by atoms with Gasteiger partial charge in [0.2, 0.25) is 5.91 Å². The van der Waals surface area contributed by atoms with Crippen LogP contribution >= 0.6 is 15.9 Å². The van der Waals surface area contributed by atoms with E-state index in [-0.39, 0.29) is 6.54 Å². The van der Waals surface area contributed by atoms with Crippen molar-refractivity contribution in [1.82, 2.24) is 24.9 Å². The molecule has 2 rings (SSSR count). The Morgan fingerprint density at radius 1 is 1.29 bits per heavy atom. The van der Waals surface area contributed by atoms with Crippen LogP contribution in [0.15, 0.2) is 16.7 Å². The van der Waals surface area contributed by atoms with Crippen LogP contribution in [0.3, 0.4) is 0 Å². The minimum absolute atomic E-state index is 0.111. The third-order valence-electron chi connectivity index (χ3n) is 3.22. The fourth-order valence-corrected chi connectivity index (χ4v) is 2.51. The highest BCUT2D eigenvalue weighted by Crippen LogP contribution is 2.25. The number of hydrogen-bond acceptors (Lipinski definition) is 3. The van der Waals surface area contributed by atoms with Crippen molar-refractivity contribution < 1.29 is 22.4 Å². The molecule has 0 saturated carbocycles. The van der Waals surface area contributed by atoms with Crippen molar-refractivity contribution in [3.63, 3.8) is 0 Å². The second-order valence-corrected chi connectivity index (χ2v) is 5.64. The van der Waals surface area contributed by atoms with Crippen LogP contribution in [-0.4, -0.2) is 25.5 Å². The number of rotatable bonds is 7. The number of carbonyl (C=O) groups excluding carboxylic acids is 1. The van der Waals surface area contributed by atoms with Crippen molar-refractivity contribution in [3.05, 3.63) is 33.8 Å². The van der Waals surface area contributed by atoms with Crippen LogP contribution in [0.25, 0.3) is 0 Å². The molecular weight excluding hydrogens is 398 g/mol. The normalized spacial score (nSPS) is 11.5. The highest BCUT2D eigenvalue weighted by molar-refractivity contribution is 9.10. The molecule has 0 aliphatic heterocycles. The lowest BCUT2D eigenvalue weighted by Gasteiger charge is -2.09. The monoisotopic (exact) mass is 411 g/mol. The quantitative estimate of drug-likeness (QED) is 0.712. The van der Waals surface area contributed by atoms with Gasteiger partial charge in [0.25, 0.3) is 12.9 Å². The molecule has 1 amide bonds. The van der Waals surface area contributed by atoms with E-state index in [2.05, 4.69) is 31.4 Å². The van der Waals surface area contributed by atoms with Crippen LogP contribution < -0.4 is 5.32 Å². The largest absolute Gasteiger partial charge is 0.349 e. The van der Waals surface area contributed by atoms with Crippen LogP contribution in [0, 0.1) is 0 Å². The smallest absolute Gasteiger partial charge is 0.282 e. The SMILES string of the molecule is CCn1ncc(Br)c1CNC(=O)Cn1nc(C(F)F)cc1C(F)F. The molecular formula is C13H14BrF4N5O. The maximum atomic E-state index is 12.9. The molecule has 2 aromatic rings. The van der Waals surface area contributed by atoms with E-state index >= 15 is 0 Å². The second kappa shape index (κ2) is 7.77. The number of aryl methyl sites for hydroxylation is 1. The summed E-state index contributed by atoms with van der Waals surface area (Å²) < 4.78 is 53.8. The number of nitrogens with zero attached hydrogens (tertiary/aromatic N) is 4. The van der Waals surface area contributed by atoms with Gasteiger partial charge in [-0.05, 0) is 28.9 Å². The first-order valence-electron chi connectivity index (χ1n) is 6.94. The predicted octanol–water partition coefficient (Wildman–Crippen LogP) is 3.05. The van der Waals surface area contributed by atoms with Crippen molar-refractivity contribution in [1.29, 1.82) is 0 Å². The highest BCUT2D eigenvalue weighted by atomic mass is 79.9. The molecule has 1 N–H and O–H groups in total. The lowest BCUT2D eigenvalue weighted by Crippen LogP contribution is -2.29. The third kappa shape index (κ3) is 4.13. The summed E-state index contributed by atoms with van der Waals surface area (Å²) in [7, 11) is 0. The Morgan fingerprint density at radius 2 is 2.00 bits per heavy atom. The van der Waals surface area contributed by atoms with Crippen LogP contribution in [0.4, 0.5) is 17.6 Å². The molecule has 0 aliphatic carbocycles. The van der Waals surface area contributed by atoms with Crippen LogP contribution in [0.5, 0.6) is 0 Å². The van der Waals surface area contributed by atoms with Gasteiger partial charge in [-0.3, -0.25) is 14.2 Å². The molecule has 0 aliphatic rings. The molecule has 24 heavy (non-hydrogen) atoms. The highest BCUT2D eigenvalue weighted by Gasteiger charge is 2.22. The van der Waals surface area contributed by atoms with E-state index in [9.17, 15) is 22.4 Å².